The van der Waals surface area contributed by atoms with Crippen LogP contribution in [0.25, 0.3) is 0 Å². The molecule has 0 aliphatic carbocycles. The molecular weight excluding hydrogens is 704 g/mol. The Balaban J connectivity index is 2.77. The molecule has 11 heteroatoms. The van der Waals surface area contributed by atoms with E-state index in [4.69, 9.17) is 52.1 Å². The largest absolute Gasteiger partial charge is 0.375 e. The summed E-state index contributed by atoms with van der Waals surface area (Å²) in [7, 11) is 0. The van der Waals surface area contributed by atoms with Crippen molar-refractivity contribution in [1.82, 2.24) is 0 Å². The Hall–Kier alpha value is -2.52. The van der Waals surface area contributed by atoms with E-state index in [0.717, 1.165) is 0 Å². The lowest BCUT2D eigenvalue weighted by molar-refractivity contribution is -0.393. The first kappa shape index (κ1) is 48.6. The Morgan fingerprint density at radius 2 is 0.818 bits per heavy atom. The van der Waals surface area contributed by atoms with Crippen LogP contribution in [0.1, 0.15) is 55.4 Å². The van der Waals surface area contributed by atoms with Gasteiger partial charge in [-0.3, -0.25) is 0 Å². The highest BCUT2D eigenvalue weighted by Crippen LogP contribution is 2.41. The maximum atomic E-state index is 7.17. The fourth-order valence-corrected chi connectivity index (χ4v) is 5.87. The summed E-state index contributed by atoms with van der Waals surface area (Å²) in [6.45, 7) is 18.7. The van der Waals surface area contributed by atoms with Gasteiger partial charge in [0.05, 0.1) is 66.1 Å². The van der Waals surface area contributed by atoms with Crippen LogP contribution in [0.2, 0.25) is 0 Å². The van der Waals surface area contributed by atoms with Gasteiger partial charge in [0.2, 0.25) is 5.79 Å². The molecule has 0 unspecified atom stereocenters. The van der Waals surface area contributed by atoms with E-state index in [1.807, 2.05) is 153 Å². The number of rotatable bonds is 29. The summed E-state index contributed by atoms with van der Waals surface area (Å²) in [6.07, 6.45) is 25.4. The SMILES string of the molecule is CC=CCOC[C@H]1O[C@@](COCC=CC)(O[C@H]2O[C@H](COCC=CC)[C@@H](OCC=CC)[C@H](OCC=CC)[C@H]2OCC=CC)[C@@H](OCC=CC)[C@@H]1OCC=CC. The topological polar surface area (TPSA) is 102 Å². The van der Waals surface area contributed by atoms with E-state index in [-0.39, 0.29) is 33.0 Å². The summed E-state index contributed by atoms with van der Waals surface area (Å²) >= 11 is 0. The predicted octanol–water partition coefficient (Wildman–Crippen LogP) is 7.41. The van der Waals surface area contributed by atoms with Gasteiger partial charge in [-0.15, -0.1) is 0 Å². The molecule has 0 saturated carbocycles. The van der Waals surface area contributed by atoms with E-state index >= 15 is 0 Å². The van der Waals surface area contributed by atoms with Crippen LogP contribution in [0.3, 0.4) is 0 Å². The second-order valence-electron chi connectivity index (χ2n) is 12.7. The van der Waals surface area contributed by atoms with E-state index < -0.39 is 54.8 Å². The number of hydrogen-bond acceptors (Lipinski definition) is 11. The third kappa shape index (κ3) is 17.2. The Labute approximate surface area is 331 Å². The molecule has 312 valence electrons. The predicted molar refractivity (Wildman–Crippen MR) is 217 cm³/mol. The Kier molecular flexibility index (Phi) is 27.1. The summed E-state index contributed by atoms with van der Waals surface area (Å²) in [4.78, 5) is 0. The van der Waals surface area contributed by atoms with E-state index in [0.29, 0.717) is 39.6 Å². The highest BCUT2D eigenvalue weighted by molar-refractivity contribution is 5.03. The molecular formula is C44H70O11. The first-order valence-electron chi connectivity index (χ1n) is 19.7. The average molecular weight is 775 g/mol. The lowest BCUT2D eigenvalue weighted by Crippen LogP contribution is -2.65. The van der Waals surface area contributed by atoms with E-state index in [1.165, 1.54) is 0 Å². The molecule has 9 atom stereocenters. The van der Waals surface area contributed by atoms with E-state index in [1.54, 1.807) is 0 Å². The van der Waals surface area contributed by atoms with Crippen molar-refractivity contribution in [1.29, 1.82) is 0 Å². The Morgan fingerprint density at radius 3 is 1.33 bits per heavy atom. The van der Waals surface area contributed by atoms with Crippen molar-refractivity contribution in [3.63, 3.8) is 0 Å². The Morgan fingerprint density at radius 1 is 0.418 bits per heavy atom. The average Bonchev–Trinajstić information content (AvgIpc) is 3.46. The van der Waals surface area contributed by atoms with Gasteiger partial charge in [-0.2, -0.15) is 0 Å². The van der Waals surface area contributed by atoms with Crippen molar-refractivity contribution in [2.75, 3.05) is 72.7 Å². The zero-order chi connectivity index (χ0) is 40.0. The maximum absolute atomic E-state index is 7.17. The monoisotopic (exact) mass is 774 g/mol. The Bertz CT molecular complexity index is 1210. The fraction of sp³-hybridized carbons (Fsp3) is 0.636. The molecule has 2 rings (SSSR count). The molecule has 2 saturated heterocycles. The van der Waals surface area contributed by atoms with Gasteiger partial charge < -0.3 is 52.1 Å². The van der Waals surface area contributed by atoms with Crippen LogP contribution in [0.4, 0.5) is 0 Å². The molecule has 0 aromatic carbocycles. The van der Waals surface area contributed by atoms with Crippen molar-refractivity contribution < 1.29 is 52.1 Å². The van der Waals surface area contributed by atoms with Gasteiger partial charge in [0.25, 0.3) is 0 Å². The third-order valence-corrected chi connectivity index (χ3v) is 8.66. The molecule has 0 spiro atoms. The van der Waals surface area contributed by atoms with Crippen LogP contribution in [-0.2, 0) is 52.1 Å². The second kappa shape index (κ2) is 30.6. The van der Waals surface area contributed by atoms with Crippen molar-refractivity contribution in [3.8, 4) is 0 Å². The van der Waals surface area contributed by atoms with Crippen molar-refractivity contribution in [2.45, 2.75) is 110 Å². The standard InChI is InChI=1S/C44H70O11/c1-9-17-25-45-33-36-38(48-28-20-12-4)40(50-30-22-14-6)41(51-31-23-15-7)43(53-36)55-44(35-47-27-19-11-3)42(52-32-24-16-8)39(49-29-21-13-5)37(54-44)34-46-26-18-10-2/h9-24,36-43H,25-35H2,1-8H3/t36-,37-,38-,39-,40+,41-,42+,43-,44+/m1/s1. The zero-order valence-corrected chi connectivity index (χ0v) is 34.6. The zero-order valence-electron chi connectivity index (χ0n) is 34.6. The minimum Gasteiger partial charge on any atom is -0.375 e. The number of ether oxygens (including phenoxy) is 11. The molecule has 0 aromatic heterocycles. The van der Waals surface area contributed by atoms with Gasteiger partial charge in [-0.25, -0.2) is 0 Å². The van der Waals surface area contributed by atoms with Gasteiger partial charge >= 0.3 is 0 Å². The molecule has 0 N–H and O–H groups in total. The first-order chi connectivity index (χ1) is 27.0. The summed E-state index contributed by atoms with van der Waals surface area (Å²) in [5.74, 6) is -1.53. The smallest absolute Gasteiger partial charge is 0.224 e. The van der Waals surface area contributed by atoms with Crippen molar-refractivity contribution in [2.24, 2.45) is 0 Å². The molecule has 2 fully saturated rings. The number of allylic oxidation sites excluding steroid dienone is 8. The minimum atomic E-state index is -1.53. The van der Waals surface area contributed by atoms with E-state index in [9.17, 15) is 0 Å². The lowest BCUT2D eigenvalue weighted by atomic mass is 9.97. The quantitative estimate of drug-likeness (QED) is 0.0561. The van der Waals surface area contributed by atoms with Crippen molar-refractivity contribution in [3.05, 3.63) is 97.2 Å². The molecule has 11 nitrogen and oxygen atoms in total. The van der Waals surface area contributed by atoms with Gasteiger partial charge in [0.15, 0.2) is 6.29 Å². The molecule has 55 heavy (non-hydrogen) atoms. The number of hydrogen-bond donors (Lipinski definition) is 0. The van der Waals surface area contributed by atoms with Gasteiger partial charge in [-0.1, -0.05) is 97.2 Å². The van der Waals surface area contributed by atoms with Crippen LogP contribution in [0.15, 0.2) is 97.2 Å². The lowest BCUT2D eigenvalue weighted by Gasteiger charge is -2.48. The third-order valence-electron chi connectivity index (χ3n) is 8.66. The summed E-state index contributed by atoms with van der Waals surface area (Å²) in [6, 6.07) is 0. The molecule has 2 aliphatic rings. The molecule has 0 amide bonds. The normalized spacial score (nSPS) is 29.5. The molecule has 2 aliphatic heterocycles. The highest BCUT2D eigenvalue weighted by atomic mass is 16.8. The summed E-state index contributed by atoms with van der Waals surface area (Å²) < 4.78 is 72.3. The van der Waals surface area contributed by atoms with Crippen LogP contribution in [0.5, 0.6) is 0 Å². The highest BCUT2D eigenvalue weighted by Gasteiger charge is 2.61. The molecule has 0 bridgehead atoms. The maximum Gasteiger partial charge on any atom is 0.224 e. The van der Waals surface area contributed by atoms with Crippen molar-refractivity contribution >= 4 is 0 Å². The molecule has 0 radical (unpaired) electrons. The van der Waals surface area contributed by atoms with Crippen LogP contribution in [-0.4, -0.2) is 127 Å². The van der Waals surface area contributed by atoms with Crippen LogP contribution < -0.4 is 0 Å². The second-order valence-corrected chi connectivity index (χ2v) is 12.7. The summed E-state index contributed by atoms with van der Waals surface area (Å²) in [5.41, 5.74) is 0. The fourth-order valence-electron chi connectivity index (χ4n) is 5.87. The van der Waals surface area contributed by atoms with Gasteiger partial charge in [0, 0.05) is 0 Å². The van der Waals surface area contributed by atoms with E-state index in [2.05, 4.69) is 0 Å². The summed E-state index contributed by atoms with van der Waals surface area (Å²) in [5, 5.41) is 0. The molecule has 0 aromatic rings. The van der Waals surface area contributed by atoms with Crippen LogP contribution in [0, 0.1) is 0 Å². The molecule has 2 heterocycles. The van der Waals surface area contributed by atoms with Gasteiger partial charge in [-0.05, 0) is 55.4 Å². The minimum absolute atomic E-state index is 0.0120. The van der Waals surface area contributed by atoms with Crippen LogP contribution >= 0.6 is 0 Å². The van der Waals surface area contributed by atoms with Gasteiger partial charge in [0.1, 0.15) is 49.3 Å². The first-order valence-corrected chi connectivity index (χ1v) is 19.7.